The molecule has 1 saturated heterocycles. The summed E-state index contributed by atoms with van der Waals surface area (Å²) in [5, 5.41) is 49.3. The van der Waals surface area contributed by atoms with Gasteiger partial charge >= 0.3 is 5.97 Å². The Kier molecular flexibility index (Phi) is 7.94. The number of hydrogen-bond acceptors (Lipinski definition) is 9. The average molecular weight is 441 g/mol. The number of carbonyl (C=O) groups excluding carboxylic acids is 1. The molecule has 2 aromatic rings. The number of nitriles is 1. The first-order chi connectivity index (χ1) is 15.4. The summed E-state index contributed by atoms with van der Waals surface area (Å²) in [5.74, 6) is -0.760. The summed E-state index contributed by atoms with van der Waals surface area (Å²) in [7, 11) is 0. The van der Waals surface area contributed by atoms with Crippen LogP contribution in [0.15, 0.2) is 60.7 Å². The fourth-order valence-corrected chi connectivity index (χ4v) is 3.18. The van der Waals surface area contributed by atoms with Crippen molar-refractivity contribution >= 4 is 12.0 Å². The minimum atomic E-state index is -1.64. The SMILES string of the molecule is N#C[C@H](O[C@@H]1O[C@H](CO)[C@@H](OC(=O)/C=C/c2ccc(O)cc2)[C@H](O)[C@H]1O)c1ccccc1. The Balaban J connectivity index is 1.66. The predicted octanol–water partition coefficient (Wildman–Crippen LogP) is 1.04. The molecular weight excluding hydrogens is 418 g/mol. The second-order valence-electron chi connectivity index (χ2n) is 7.09. The van der Waals surface area contributed by atoms with Crippen molar-refractivity contribution < 1.29 is 39.4 Å². The van der Waals surface area contributed by atoms with Crippen molar-refractivity contribution in [1.29, 1.82) is 5.26 Å². The van der Waals surface area contributed by atoms with Gasteiger partial charge in [0.25, 0.3) is 0 Å². The predicted molar refractivity (Wildman–Crippen MR) is 111 cm³/mol. The quantitative estimate of drug-likeness (QED) is 0.365. The van der Waals surface area contributed by atoms with Crippen molar-refractivity contribution in [3.63, 3.8) is 0 Å². The van der Waals surface area contributed by atoms with Crippen LogP contribution in [0.4, 0.5) is 0 Å². The fraction of sp³-hybridized carbons (Fsp3) is 0.304. The van der Waals surface area contributed by atoms with E-state index in [1.807, 2.05) is 6.07 Å². The third-order valence-electron chi connectivity index (χ3n) is 4.87. The summed E-state index contributed by atoms with van der Waals surface area (Å²) >= 11 is 0. The number of carbonyl (C=O) groups is 1. The summed E-state index contributed by atoms with van der Waals surface area (Å²) in [5.41, 5.74) is 1.14. The zero-order valence-electron chi connectivity index (χ0n) is 16.9. The van der Waals surface area contributed by atoms with Crippen molar-refractivity contribution in [2.75, 3.05) is 6.61 Å². The Morgan fingerprint density at radius 3 is 2.44 bits per heavy atom. The summed E-state index contributed by atoms with van der Waals surface area (Å²) in [4.78, 5) is 12.2. The van der Waals surface area contributed by atoms with Gasteiger partial charge in [-0.1, -0.05) is 42.5 Å². The molecule has 1 aliphatic rings. The van der Waals surface area contributed by atoms with E-state index in [1.165, 1.54) is 18.2 Å². The van der Waals surface area contributed by atoms with E-state index in [4.69, 9.17) is 14.2 Å². The van der Waals surface area contributed by atoms with Gasteiger partial charge in [-0.15, -0.1) is 0 Å². The van der Waals surface area contributed by atoms with Crippen LogP contribution in [0, 0.1) is 11.3 Å². The Bertz CT molecular complexity index is 954. The van der Waals surface area contributed by atoms with Crippen LogP contribution in [0.3, 0.4) is 0 Å². The van der Waals surface area contributed by atoms with Gasteiger partial charge in [-0.3, -0.25) is 0 Å². The lowest BCUT2D eigenvalue weighted by Crippen LogP contribution is -2.60. The average Bonchev–Trinajstić information content (AvgIpc) is 2.82. The van der Waals surface area contributed by atoms with Crippen LogP contribution in [0.5, 0.6) is 5.75 Å². The Labute approximate surface area is 184 Å². The number of aliphatic hydroxyl groups excluding tert-OH is 3. The zero-order valence-corrected chi connectivity index (χ0v) is 16.9. The number of esters is 1. The van der Waals surface area contributed by atoms with E-state index in [0.717, 1.165) is 6.08 Å². The van der Waals surface area contributed by atoms with E-state index < -0.39 is 49.4 Å². The molecule has 6 atom stereocenters. The highest BCUT2D eigenvalue weighted by molar-refractivity contribution is 5.87. The molecule has 9 heteroatoms. The van der Waals surface area contributed by atoms with Crippen LogP contribution < -0.4 is 0 Å². The van der Waals surface area contributed by atoms with Gasteiger partial charge in [-0.2, -0.15) is 5.26 Å². The van der Waals surface area contributed by atoms with Crippen LogP contribution in [0.1, 0.15) is 17.2 Å². The van der Waals surface area contributed by atoms with Crippen molar-refractivity contribution in [3.05, 3.63) is 71.8 Å². The van der Waals surface area contributed by atoms with E-state index in [2.05, 4.69) is 0 Å². The topological polar surface area (TPSA) is 149 Å². The molecule has 0 unspecified atom stereocenters. The normalized spacial score (nSPS) is 26.4. The molecule has 1 aliphatic heterocycles. The van der Waals surface area contributed by atoms with Crippen LogP contribution in [0.25, 0.3) is 6.08 Å². The van der Waals surface area contributed by atoms with Gasteiger partial charge < -0.3 is 34.6 Å². The van der Waals surface area contributed by atoms with E-state index in [9.17, 15) is 30.5 Å². The van der Waals surface area contributed by atoms with Gasteiger partial charge in [0.15, 0.2) is 18.5 Å². The van der Waals surface area contributed by atoms with E-state index in [0.29, 0.717) is 11.1 Å². The van der Waals surface area contributed by atoms with E-state index in [1.54, 1.807) is 42.5 Å². The molecule has 32 heavy (non-hydrogen) atoms. The van der Waals surface area contributed by atoms with Gasteiger partial charge in [0, 0.05) is 6.08 Å². The molecule has 0 saturated carbocycles. The molecule has 0 bridgehead atoms. The molecule has 0 spiro atoms. The van der Waals surface area contributed by atoms with Gasteiger partial charge in [0.2, 0.25) is 0 Å². The second kappa shape index (κ2) is 10.9. The Hall–Kier alpha value is -3.26. The molecule has 9 nitrogen and oxygen atoms in total. The molecule has 3 rings (SSSR count). The number of aliphatic hydroxyl groups is 3. The number of hydrogen-bond donors (Lipinski definition) is 4. The standard InChI is InChI=1S/C23H23NO8/c24-12-17(15-4-2-1-3-5-15)30-23-21(29)20(28)22(18(13-25)31-23)32-19(27)11-8-14-6-9-16(26)10-7-14/h1-11,17-18,20-23,25-26,28-29H,13H2/b11-8+/t17-,18+,20+,21+,22+,23+/m0/s1. The Morgan fingerprint density at radius 2 is 1.81 bits per heavy atom. The molecule has 2 aromatic carbocycles. The van der Waals surface area contributed by atoms with E-state index in [-0.39, 0.29) is 5.75 Å². The number of phenols is 1. The second-order valence-corrected chi connectivity index (χ2v) is 7.09. The highest BCUT2D eigenvalue weighted by Crippen LogP contribution is 2.28. The molecule has 0 amide bonds. The summed E-state index contributed by atoms with van der Waals surface area (Å²) in [6, 6.07) is 16.5. The number of phenolic OH excluding ortho intramolecular Hbond substituents is 1. The monoisotopic (exact) mass is 441 g/mol. The first-order valence-corrected chi connectivity index (χ1v) is 9.83. The maximum absolute atomic E-state index is 12.2. The maximum Gasteiger partial charge on any atom is 0.331 e. The van der Waals surface area contributed by atoms with Crippen molar-refractivity contribution in [2.45, 2.75) is 36.8 Å². The highest BCUT2D eigenvalue weighted by Gasteiger charge is 2.47. The molecule has 1 heterocycles. The maximum atomic E-state index is 12.2. The van der Waals surface area contributed by atoms with Gasteiger partial charge in [-0.05, 0) is 29.3 Å². The van der Waals surface area contributed by atoms with E-state index >= 15 is 0 Å². The van der Waals surface area contributed by atoms with Crippen LogP contribution >= 0.6 is 0 Å². The van der Waals surface area contributed by atoms with Crippen LogP contribution in [0.2, 0.25) is 0 Å². The molecule has 0 aliphatic carbocycles. The largest absolute Gasteiger partial charge is 0.508 e. The van der Waals surface area contributed by atoms with Gasteiger partial charge in [0.05, 0.1) is 12.7 Å². The number of ether oxygens (including phenoxy) is 3. The van der Waals surface area contributed by atoms with Gasteiger partial charge in [0.1, 0.15) is 24.1 Å². The van der Waals surface area contributed by atoms with Crippen LogP contribution in [-0.2, 0) is 19.0 Å². The minimum Gasteiger partial charge on any atom is -0.508 e. The summed E-state index contributed by atoms with van der Waals surface area (Å²) < 4.78 is 16.2. The lowest BCUT2D eigenvalue weighted by molar-refractivity contribution is -0.309. The summed E-state index contributed by atoms with van der Waals surface area (Å²) in [6.07, 6.45) is -5.83. The number of benzene rings is 2. The molecular formula is C23H23NO8. The van der Waals surface area contributed by atoms with Crippen LogP contribution in [-0.4, -0.2) is 63.7 Å². The zero-order chi connectivity index (χ0) is 23.1. The van der Waals surface area contributed by atoms with Crippen molar-refractivity contribution in [3.8, 4) is 11.8 Å². The minimum absolute atomic E-state index is 0.0784. The molecule has 0 aromatic heterocycles. The molecule has 4 N–H and O–H groups in total. The number of aromatic hydroxyl groups is 1. The number of nitrogens with zero attached hydrogens (tertiary/aromatic N) is 1. The van der Waals surface area contributed by atoms with Gasteiger partial charge in [-0.25, -0.2) is 4.79 Å². The lowest BCUT2D eigenvalue weighted by Gasteiger charge is -2.41. The molecule has 1 fully saturated rings. The molecule has 0 radical (unpaired) electrons. The highest BCUT2D eigenvalue weighted by atomic mass is 16.7. The lowest BCUT2D eigenvalue weighted by atomic mass is 9.98. The Morgan fingerprint density at radius 1 is 1.12 bits per heavy atom. The third-order valence-corrected chi connectivity index (χ3v) is 4.87. The fourth-order valence-electron chi connectivity index (χ4n) is 3.18. The third kappa shape index (κ3) is 5.70. The summed E-state index contributed by atoms with van der Waals surface area (Å²) in [6.45, 7) is -0.633. The van der Waals surface area contributed by atoms with Crippen molar-refractivity contribution in [1.82, 2.24) is 0 Å². The first kappa shape index (κ1) is 23.4. The number of rotatable bonds is 7. The smallest absolute Gasteiger partial charge is 0.331 e. The van der Waals surface area contributed by atoms with Crippen molar-refractivity contribution in [2.24, 2.45) is 0 Å². The first-order valence-electron chi connectivity index (χ1n) is 9.83. The molecule has 168 valence electrons.